The van der Waals surface area contributed by atoms with E-state index in [1.54, 1.807) is 7.05 Å². The molecule has 3 rings (SSSR count). The third kappa shape index (κ3) is 4.81. The van der Waals surface area contributed by atoms with Crippen LogP contribution in [0, 0.1) is 13.8 Å². The second-order valence-electron chi connectivity index (χ2n) is 7.36. The van der Waals surface area contributed by atoms with Gasteiger partial charge in [0.1, 0.15) is 5.82 Å². The number of hydrogen-bond donors (Lipinski definition) is 2. The van der Waals surface area contributed by atoms with E-state index in [0.717, 1.165) is 43.7 Å². The topological polar surface area (TPSA) is 73.6 Å². The highest BCUT2D eigenvalue weighted by atomic mass is 15.3. The van der Waals surface area contributed by atoms with E-state index in [4.69, 9.17) is 0 Å². The predicted molar refractivity (Wildman–Crippen MR) is 114 cm³/mol. The van der Waals surface area contributed by atoms with Gasteiger partial charge >= 0.3 is 0 Å². The largest absolute Gasteiger partial charge is 0.354 e. The van der Waals surface area contributed by atoms with Crippen molar-refractivity contribution in [2.75, 3.05) is 45.2 Å². The van der Waals surface area contributed by atoms with E-state index in [0.29, 0.717) is 13.1 Å². The minimum Gasteiger partial charge on any atom is -0.354 e. The SMILES string of the molecule is CN=C(NCc1ccnc(N2CCN(C)CC2)c1)NCc1c(C)nn(C)c1C. The number of aryl methyl sites for hydroxylation is 2. The van der Waals surface area contributed by atoms with Crippen LogP contribution >= 0.6 is 0 Å². The monoisotopic (exact) mass is 384 g/mol. The highest BCUT2D eigenvalue weighted by Gasteiger charge is 2.15. The number of aromatic nitrogens is 3. The summed E-state index contributed by atoms with van der Waals surface area (Å²) in [4.78, 5) is 13.6. The average molecular weight is 385 g/mol. The van der Waals surface area contributed by atoms with Crippen LogP contribution in [0.25, 0.3) is 0 Å². The Labute approximate surface area is 167 Å². The molecular weight excluding hydrogens is 352 g/mol. The number of anilines is 1. The number of pyridine rings is 1. The Kier molecular flexibility index (Phi) is 6.51. The maximum atomic E-state index is 4.56. The van der Waals surface area contributed by atoms with E-state index in [1.807, 2.05) is 24.9 Å². The van der Waals surface area contributed by atoms with Crippen LogP contribution in [0.15, 0.2) is 23.3 Å². The van der Waals surface area contributed by atoms with Crippen molar-refractivity contribution in [3.8, 4) is 0 Å². The Morgan fingerprint density at radius 1 is 1.11 bits per heavy atom. The van der Waals surface area contributed by atoms with Crippen LogP contribution in [0.2, 0.25) is 0 Å². The van der Waals surface area contributed by atoms with Crippen molar-refractivity contribution >= 4 is 11.8 Å². The summed E-state index contributed by atoms with van der Waals surface area (Å²) < 4.78 is 1.92. The normalized spacial score (nSPS) is 15.8. The maximum absolute atomic E-state index is 4.56. The van der Waals surface area contributed by atoms with Crippen LogP contribution in [0.3, 0.4) is 0 Å². The van der Waals surface area contributed by atoms with Crippen LogP contribution in [0.5, 0.6) is 0 Å². The van der Waals surface area contributed by atoms with Crippen molar-refractivity contribution in [3.05, 3.63) is 40.8 Å². The Balaban J connectivity index is 1.56. The Morgan fingerprint density at radius 3 is 2.46 bits per heavy atom. The highest BCUT2D eigenvalue weighted by Crippen LogP contribution is 2.15. The quantitative estimate of drug-likeness (QED) is 0.593. The number of hydrogen-bond acceptors (Lipinski definition) is 5. The summed E-state index contributed by atoms with van der Waals surface area (Å²) in [5.74, 6) is 1.83. The lowest BCUT2D eigenvalue weighted by Crippen LogP contribution is -2.44. The first-order valence-corrected chi connectivity index (χ1v) is 9.80. The number of guanidine groups is 1. The third-order valence-electron chi connectivity index (χ3n) is 5.41. The van der Waals surface area contributed by atoms with Gasteiger partial charge < -0.3 is 20.4 Å². The van der Waals surface area contributed by atoms with Crippen LogP contribution in [0.4, 0.5) is 5.82 Å². The van der Waals surface area contributed by atoms with Crippen LogP contribution in [-0.4, -0.2) is 65.9 Å². The molecule has 8 nitrogen and oxygen atoms in total. The molecule has 1 aliphatic rings. The number of nitrogens with zero attached hydrogens (tertiary/aromatic N) is 6. The van der Waals surface area contributed by atoms with Crippen molar-refractivity contribution in [1.29, 1.82) is 0 Å². The third-order valence-corrected chi connectivity index (χ3v) is 5.41. The van der Waals surface area contributed by atoms with Gasteiger partial charge in [0, 0.05) is 70.8 Å². The first-order valence-electron chi connectivity index (χ1n) is 9.80. The lowest BCUT2D eigenvalue weighted by atomic mass is 10.2. The van der Waals surface area contributed by atoms with Gasteiger partial charge in [-0.2, -0.15) is 5.10 Å². The number of likely N-dealkylation sites (N-methyl/N-ethyl adjacent to an activating group) is 1. The van der Waals surface area contributed by atoms with Crippen LogP contribution in [-0.2, 0) is 20.1 Å². The van der Waals surface area contributed by atoms with Crippen molar-refractivity contribution in [1.82, 2.24) is 30.3 Å². The fraction of sp³-hybridized carbons (Fsp3) is 0.550. The molecule has 2 aromatic rings. The van der Waals surface area contributed by atoms with E-state index in [9.17, 15) is 0 Å². The second kappa shape index (κ2) is 9.05. The summed E-state index contributed by atoms with van der Waals surface area (Å²) in [6.45, 7) is 9.73. The average Bonchev–Trinajstić information content (AvgIpc) is 2.94. The fourth-order valence-electron chi connectivity index (χ4n) is 3.43. The molecule has 0 spiro atoms. The molecule has 0 amide bonds. The lowest BCUT2D eigenvalue weighted by molar-refractivity contribution is 0.312. The Hall–Kier alpha value is -2.61. The van der Waals surface area contributed by atoms with E-state index < -0.39 is 0 Å². The number of nitrogens with one attached hydrogen (secondary N) is 2. The van der Waals surface area contributed by atoms with E-state index in [1.165, 1.54) is 16.8 Å². The summed E-state index contributed by atoms with van der Waals surface area (Å²) >= 11 is 0. The molecule has 152 valence electrons. The molecule has 1 fully saturated rings. The summed E-state index contributed by atoms with van der Waals surface area (Å²) in [5.41, 5.74) is 4.63. The van der Waals surface area contributed by atoms with Gasteiger partial charge in [-0.05, 0) is 38.6 Å². The minimum absolute atomic E-state index is 0.702. The van der Waals surface area contributed by atoms with Crippen LogP contribution in [0.1, 0.15) is 22.5 Å². The number of aliphatic imine (C=N–C) groups is 1. The zero-order valence-corrected chi connectivity index (χ0v) is 17.7. The molecule has 3 heterocycles. The van der Waals surface area contributed by atoms with Gasteiger partial charge in [0.05, 0.1) is 5.69 Å². The summed E-state index contributed by atoms with van der Waals surface area (Å²) in [6.07, 6.45) is 1.89. The number of piperazine rings is 1. The first-order chi connectivity index (χ1) is 13.5. The molecule has 1 saturated heterocycles. The molecule has 0 unspecified atom stereocenters. The van der Waals surface area contributed by atoms with E-state index in [-0.39, 0.29) is 0 Å². The summed E-state index contributed by atoms with van der Waals surface area (Å²) in [7, 11) is 5.93. The van der Waals surface area contributed by atoms with Gasteiger partial charge in [0.25, 0.3) is 0 Å². The van der Waals surface area contributed by atoms with Crippen molar-refractivity contribution in [2.45, 2.75) is 26.9 Å². The van der Waals surface area contributed by atoms with Gasteiger partial charge in [0.15, 0.2) is 5.96 Å². The van der Waals surface area contributed by atoms with Crippen molar-refractivity contribution < 1.29 is 0 Å². The molecular formula is C20H32N8. The molecule has 0 atom stereocenters. The molecule has 1 aliphatic heterocycles. The van der Waals surface area contributed by atoms with Gasteiger partial charge in [0.2, 0.25) is 0 Å². The molecule has 2 aromatic heterocycles. The van der Waals surface area contributed by atoms with E-state index in [2.05, 4.69) is 61.6 Å². The van der Waals surface area contributed by atoms with Gasteiger partial charge in [-0.3, -0.25) is 9.67 Å². The molecule has 0 aromatic carbocycles. The summed E-state index contributed by atoms with van der Waals surface area (Å²) in [6, 6.07) is 4.22. The standard InChI is InChI=1S/C20H32N8/c1-15-18(16(2)27(5)25-15)14-24-20(21-3)23-13-17-6-7-22-19(12-17)28-10-8-26(4)9-11-28/h6-7,12H,8-11,13-14H2,1-5H3,(H2,21,23,24). The molecule has 0 bridgehead atoms. The summed E-state index contributed by atoms with van der Waals surface area (Å²) in [5, 5.41) is 11.3. The molecule has 0 aliphatic carbocycles. The minimum atomic E-state index is 0.702. The zero-order valence-electron chi connectivity index (χ0n) is 17.7. The lowest BCUT2D eigenvalue weighted by Gasteiger charge is -2.33. The smallest absolute Gasteiger partial charge is 0.191 e. The van der Waals surface area contributed by atoms with Crippen molar-refractivity contribution in [3.63, 3.8) is 0 Å². The van der Waals surface area contributed by atoms with Crippen molar-refractivity contribution in [2.24, 2.45) is 12.0 Å². The van der Waals surface area contributed by atoms with Gasteiger partial charge in [-0.15, -0.1) is 0 Å². The molecule has 28 heavy (non-hydrogen) atoms. The molecule has 0 saturated carbocycles. The first kappa shape index (κ1) is 20.1. The maximum Gasteiger partial charge on any atom is 0.191 e. The highest BCUT2D eigenvalue weighted by molar-refractivity contribution is 5.79. The fourth-order valence-corrected chi connectivity index (χ4v) is 3.43. The Bertz CT molecular complexity index is 818. The van der Waals surface area contributed by atoms with Gasteiger partial charge in [-0.25, -0.2) is 4.98 Å². The Morgan fingerprint density at radius 2 is 1.82 bits per heavy atom. The molecule has 8 heteroatoms. The zero-order chi connectivity index (χ0) is 20.1. The van der Waals surface area contributed by atoms with Crippen LogP contribution < -0.4 is 15.5 Å². The second-order valence-corrected chi connectivity index (χ2v) is 7.36. The molecule has 2 N–H and O–H groups in total. The number of rotatable bonds is 5. The van der Waals surface area contributed by atoms with E-state index >= 15 is 0 Å². The molecule has 0 radical (unpaired) electrons. The van der Waals surface area contributed by atoms with Gasteiger partial charge in [-0.1, -0.05) is 0 Å². The predicted octanol–water partition coefficient (Wildman–Crippen LogP) is 1.05.